The normalized spacial score (nSPS) is 14.0. The van der Waals surface area contributed by atoms with Crippen LogP contribution in [0, 0.1) is 18.6 Å². The van der Waals surface area contributed by atoms with E-state index in [-0.39, 0.29) is 35.7 Å². The van der Waals surface area contributed by atoms with Gasteiger partial charge in [-0.2, -0.15) is 0 Å². The Morgan fingerprint density at radius 2 is 1.25 bits per heavy atom. The van der Waals surface area contributed by atoms with Crippen molar-refractivity contribution in [2.45, 2.75) is 85.7 Å². The molecule has 7 aromatic carbocycles. The summed E-state index contributed by atoms with van der Waals surface area (Å²) in [6, 6.07) is 36.4. The second kappa shape index (κ2) is 26.7. The molecule has 0 bridgehead atoms. The molecule has 0 atom stereocenters. The van der Waals surface area contributed by atoms with E-state index in [2.05, 4.69) is 144 Å². The molecule has 0 radical (unpaired) electrons. The van der Waals surface area contributed by atoms with E-state index in [0.29, 0.717) is 80.7 Å². The van der Waals surface area contributed by atoms with Gasteiger partial charge in [-0.3, -0.25) is 24.4 Å². The maximum Gasteiger partial charge on any atom is 0.488 e. The van der Waals surface area contributed by atoms with Crippen LogP contribution in [0.2, 0.25) is 13.1 Å². The van der Waals surface area contributed by atoms with Crippen LogP contribution in [0.3, 0.4) is 0 Å². The second-order valence-corrected chi connectivity index (χ2v) is 27.5. The Balaban J connectivity index is 1.24. The zero-order valence-corrected chi connectivity index (χ0v) is 50.8. The van der Waals surface area contributed by atoms with Crippen molar-refractivity contribution in [3.05, 3.63) is 219 Å². The van der Waals surface area contributed by atoms with Crippen molar-refractivity contribution in [3.63, 3.8) is 0 Å². The van der Waals surface area contributed by atoms with Crippen molar-refractivity contribution < 1.29 is 38.5 Å². The Bertz CT molecular complexity index is 3910. The first-order chi connectivity index (χ1) is 40.7. The Morgan fingerprint density at radius 3 is 1.84 bits per heavy atom. The maximum atomic E-state index is 14.8. The van der Waals surface area contributed by atoms with E-state index in [9.17, 15) is 38.5 Å². The number of aliphatic imine (C=N–C) groups is 1. The monoisotopic (exact) mass is 1160 g/mol. The summed E-state index contributed by atoms with van der Waals surface area (Å²) in [6.07, 6.45) is 8.71. The molecule has 11 nitrogen and oxygen atoms in total. The predicted octanol–water partition coefficient (Wildman–Crippen LogP) is 9.89. The minimum Gasteiger partial charge on any atom is -0.423 e. The number of unbranched alkanes of at least 4 members (excludes halogenated alkanes) is 1. The topological polar surface area (TPSA) is 158 Å². The summed E-state index contributed by atoms with van der Waals surface area (Å²) >= 11 is 0. The van der Waals surface area contributed by atoms with Crippen LogP contribution in [-0.4, -0.2) is 103 Å². The van der Waals surface area contributed by atoms with Crippen LogP contribution in [0.4, 0.5) is 14.5 Å². The fraction of sp³-hybridized carbons (Fsp3) is 0.261. The molecule has 436 valence electrons. The van der Waals surface area contributed by atoms with E-state index in [1.165, 1.54) is 39.2 Å². The van der Waals surface area contributed by atoms with E-state index < -0.39 is 33.9 Å². The van der Waals surface area contributed by atoms with Crippen LogP contribution < -0.4 is 26.7 Å². The highest BCUT2D eigenvalue weighted by Gasteiger charge is 2.40. The van der Waals surface area contributed by atoms with Crippen LogP contribution in [-0.2, 0) is 35.8 Å². The number of halogens is 2. The summed E-state index contributed by atoms with van der Waals surface area (Å²) in [4.78, 5) is 34.5. The Labute approximate surface area is 499 Å². The molecule has 0 saturated carbocycles. The third kappa shape index (κ3) is 13.7. The molecule has 0 spiro atoms. The number of nitrogens with one attached hydrogen (secondary N) is 2. The number of allylic oxidation sites excluding steroid dienone is 6. The van der Waals surface area contributed by atoms with E-state index in [0.717, 1.165) is 78.5 Å². The van der Waals surface area contributed by atoms with Gasteiger partial charge in [0.05, 0.1) is 5.71 Å². The number of nitrogens with zero attached hydrogens (tertiary/aromatic N) is 3. The van der Waals surface area contributed by atoms with Crippen LogP contribution in [0.5, 0.6) is 0 Å². The minimum absolute atomic E-state index is 0.00509. The van der Waals surface area contributed by atoms with Gasteiger partial charge in [0.1, 0.15) is 19.7 Å². The minimum atomic E-state index is -2.24. The molecule has 1 heterocycles. The first-order valence-corrected chi connectivity index (χ1v) is 32.0. The number of hydrogen-bond donors (Lipinski definition) is 6. The number of ketones is 1. The van der Waals surface area contributed by atoms with Gasteiger partial charge in [-0.15, -0.1) is 0 Å². The molecular weight excluding hydrogens is 1080 g/mol. The average Bonchev–Trinajstić information content (AvgIpc) is 1.69. The molecule has 0 fully saturated rings. The van der Waals surface area contributed by atoms with Gasteiger partial charge in [0.2, 0.25) is 5.91 Å². The summed E-state index contributed by atoms with van der Waals surface area (Å²) in [5.74, 6) is -1.44. The predicted molar refractivity (Wildman–Crippen MR) is 348 cm³/mol. The van der Waals surface area contributed by atoms with Crippen molar-refractivity contribution in [1.29, 1.82) is 0 Å². The number of carbonyl (C=O) groups is 2. The van der Waals surface area contributed by atoms with Gasteiger partial charge < -0.3 is 30.7 Å². The third-order valence-corrected chi connectivity index (χ3v) is 20.3. The summed E-state index contributed by atoms with van der Waals surface area (Å²) < 4.78 is 29.5. The molecule has 0 unspecified atom stereocenters. The van der Waals surface area contributed by atoms with Gasteiger partial charge in [-0.25, -0.2) is 8.78 Å². The van der Waals surface area contributed by atoms with Gasteiger partial charge >= 0.3 is 14.2 Å². The lowest BCUT2D eigenvalue weighted by Gasteiger charge is -2.38. The van der Waals surface area contributed by atoms with E-state index >= 15 is 0 Å². The lowest BCUT2D eigenvalue weighted by Crippen LogP contribution is -2.49. The average molecular weight is 1160 g/mol. The van der Waals surface area contributed by atoms with E-state index in [1.807, 2.05) is 26.2 Å². The quantitative estimate of drug-likeness (QED) is 0.0150. The van der Waals surface area contributed by atoms with Crippen LogP contribution in [0.25, 0.3) is 38.2 Å². The zero-order chi connectivity index (χ0) is 60.9. The lowest BCUT2D eigenvalue weighted by atomic mass is 9.76. The van der Waals surface area contributed by atoms with Crippen molar-refractivity contribution in [2.24, 2.45) is 4.99 Å². The Morgan fingerprint density at radius 1 is 0.659 bits per heavy atom. The van der Waals surface area contributed by atoms with E-state index in [1.54, 1.807) is 26.0 Å². The maximum absolute atomic E-state index is 14.8. The Kier molecular flexibility index (Phi) is 19.5. The van der Waals surface area contributed by atoms with Crippen molar-refractivity contribution >= 4 is 88.6 Å². The molecule has 0 saturated heterocycles. The van der Waals surface area contributed by atoms with Crippen LogP contribution in [0.1, 0.15) is 78.5 Å². The highest BCUT2D eigenvalue weighted by atomic mass is 28.3. The van der Waals surface area contributed by atoms with Gasteiger partial charge in [-0.1, -0.05) is 99.1 Å². The highest BCUT2D eigenvalue weighted by molar-refractivity contribution is 6.98. The fourth-order valence-corrected chi connectivity index (χ4v) is 15.2. The molecule has 9 rings (SSSR count). The number of anilines is 1. The molecule has 16 heteroatoms. The van der Waals surface area contributed by atoms with Gasteiger partial charge in [0.15, 0.2) is 5.78 Å². The standard InChI is InChI=1S/C69H75B2F2N5O6Si/c1-43(2)65(79)17-12-13-31-77(39-48-20-23-50(72)35-63(48)70(81)82)42-62-55-16-11-10-15-54(55)61(41-78(32-14-30-76-69(80)44(3)4)40-49-21-24-51(73)36-64(49)71(83)84)56-27-22-47(34-60(56)62)46-19-18-45(5)59(33-46)68-57-28-25-52(74-6)37-66(57)85(8,9)67-38-53(75-7)26-29-58(67)68/h10-11,15-16,18-29,33-38,74,81-84H,1,3,12-14,17,30-32,39-42H2,2,4-9H3,(H,76,80). The molecule has 7 aromatic rings. The largest absolute Gasteiger partial charge is 0.488 e. The molecule has 6 N–H and O–H groups in total. The third-order valence-electron chi connectivity index (χ3n) is 16.8. The number of hydrogen-bond acceptors (Lipinski definition) is 10. The van der Waals surface area contributed by atoms with Gasteiger partial charge in [0.25, 0.3) is 0 Å². The first-order valence-electron chi connectivity index (χ1n) is 29.0. The van der Waals surface area contributed by atoms with Crippen molar-refractivity contribution in [2.75, 3.05) is 39.0 Å². The molecule has 1 amide bonds. The van der Waals surface area contributed by atoms with Crippen molar-refractivity contribution in [1.82, 2.24) is 15.1 Å². The summed E-state index contributed by atoms with van der Waals surface area (Å²) in [6.45, 7) is 20.5. The summed E-state index contributed by atoms with van der Waals surface area (Å²) in [7, 11) is -2.29. The van der Waals surface area contributed by atoms with Crippen LogP contribution in [0.15, 0.2) is 174 Å². The van der Waals surface area contributed by atoms with Gasteiger partial charge in [0, 0.05) is 71.0 Å². The number of aryl methyl sites for hydroxylation is 1. The lowest BCUT2D eigenvalue weighted by molar-refractivity contribution is -0.117. The number of rotatable bonds is 24. The van der Waals surface area contributed by atoms with E-state index in [4.69, 9.17) is 0 Å². The fourth-order valence-electron chi connectivity index (χ4n) is 12.1. The summed E-state index contributed by atoms with van der Waals surface area (Å²) in [5, 5.41) is 55.1. The number of Topliss-reactive ketones (excluding diaryl/α,β-unsaturated/α-hetero) is 1. The summed E-state index contributed by atoms with van der Waals surface area (Å²) in [5.41, 5.74) is 13.9. The number of carbonyl (C=O) groups excluding carboxylic acids is 2. The first kappa shape index (κ1) is 61.9. The molecule has 2 aliphatic rings. The van der Waals surface area contributed by atoms with Crippen LogP contribution >= 0.6 is 0 Å². The smallest absolute Gasteiger partial charge is 0.423 e. The molecule has 1 aliphatic heterocycles. The second-order valence-electron chi connectivity index (χ2n) is 23.2. The number of amides is 1. The Hall–Kier alpha value is -7.66. The number of benzene rings is 7. The number of fused-ring (bicyclic) bond motifs is 4. The zero-order valence-electron chi connectivity index (χ0n) is 49.8. The molecule has 0 aromatic heterocycles. The SMILES string of the molecule is C=C(C)C(=O)CCCCN(Cc1ccc(F)cc1B(O)O)Cc1c2ccccc2c(CN(CCCNC(=O)C(=C)C)Cc2ccc(F)cc2B(O)O)c2ccc(-c3ccc(C)c(C4=C5C=CC(=NC)C=C5[Si](C)(C)c5cc(NC)ccc54)c3)cc12. The molecule has 85 heavy (non-hydrogen) atoms. The highest BCUT2D eigenvalue weighted by Crippen LogP contribution is 2.44. The molecular formula is C69H75B2F2N5O6Si. The van der Waals surface area contributed by atoms with Gasteiger partial charge in [-0.05, 0) is 217 Å². The molecule has 1 aliphatic carbocycles. The van der Waals surface area contributed by atoms with Crippen molar-refractivity contribution in [3.8, 4) is 11.1 Å².